The van der Waals surface area contributed by atoms with Crippen LogP contribution in [-0.4, -0.2) is 15.6 Å². The first-order chi connectivity index (χ1) is 9.15. The standard InChI is InChI=1S/C14H10BrNO2S/c15-11-1-2-12-9(7-11)3-5-16(12)8-10-4-6-19-13(10)14(17)18/h1-7H,8H2,(H,17,18). The summed E-state index contributed by atoms with van der Waals surface area (Å²) in [5.74, 6) is -0.857. The van der Waals surface area contributed by atoms with Gasteiger partial charge in [0, 0.05) is 28.1 Å². The summed E-state index contributed by atoms with van der Waals surface area (Å²) in [6.45, 7) is 0.580. The van der Waals surface area contributed by atoms with Crippen LogP contribution in [0.15, 0.2) is 46.4 Å². The van der Waals surface area contributed by atoms with E-state index in [-0.39, 0.29) is 0 Å². The van der Waals surface area contributed by atoms with Gasteiger partial charge in [0.25, 0.3) is 0 Å². The molecule has 0 saturated heterocycles. The minimum atomic E-state index is -0.857. The van der Waals surface area contributed by atoms with Crippen molar-refractivity contribution in [1.82, 2.24) is 4.57 Å². The van der Waals surface area contributed by atoms with E-state index in [0.717, 1.165) is 20.9 Å². The van der Waals surface area contributed by atoms with Crippen LogP contribution >= 0.6 is 27.3 Å². The Morgan fingerprint density at radius 2 is 2.16 bits per heavy atom. The third-order valence-corrected chi connectivity index (χ3v) is 4.45. The number of carbonyl (C=O) groups is 1. The summed E-state index contributed by atoms with van der Waals surface area (Å²) >= 11 is 4.71. The first-order valence-corrected chi connectivity index (χ1v) is 7.36. The zero-order valence-electron chi connectivity index (χ0n) is 9.84. The highest BCUT2D eigenvalue weighted by atomic mass is 79.9. The molecule has 0 bridgehead atoms. The largest absolute Gasteiger partial charge is 0.477 e. The molecule has 0 aliphatic rings. The van der Waals surface area contributed by atoms with Gasteiger partial charge in [-0.1, -0.05) is 15.9 Å². The first-order valence-electron chi connectivity index (χ1n) is 5.69. The Hall–Kier alpha value is -1.59. The number of hydrogen-bond donors (Lipinski definition) is 1. The summed E-state index contributed by atoms with van der Waals surface area (Å²) in [6, 6.07) is 9.99. The SMILES string of the molecule is O=C(O)c1sccc1Cn1ccc2cc(Br)ccc21. The molecule has 0 unspecified atom stereocenters. The van der Waals surface area contributed by atoms with E-state index in [9.17, 15) is 4.79 Å². The van der Waals surface area contributed by atoms with Gasteiger partial charge in [-0.25, -0.2) is 4.79 Å². The monoisotopic (exact) mass is 335 g/mol. The molecule has 0 radical (unpaired) electrons. The number of thiophene rings is 1. The van der Waals surface area contributed by atoms with Gasteiger partial charge in [0.1, 0.15) is 4.88 Å². The van der Waals surface area contributed by atoms with E-state index in [2.05, 4.69) is 26.6 Å². The van der Waals surface area contributed by atoms with E-state index in [1.165, 1.54) is 11.3 Å². The highest BCUT2D eigenvalue weighted by Gasteiger charge is 2.12. The van der Waals surface area contributed by atoms with Crippen molar-refractivity contribution in [2.24, 2.45) is 0 Å². The van der Waals surface area contributed by atoms with Gasteiger partial charge >= 0.3 is 5.97 Å². The lowest BCUT2D eigenvalue weighted by molar-refractivity contribution is 0.0701. The van der Waals surface area contributed by atoms with Crippen molar-refractivity contribution in [3.63, 3.8) is 0 Å². The molecule has 0 spiro atoms. The summed E-state index contributed by atoms with van der Waals surface area (Å²) in [5, 5.41) is 12.1. The summed E-state index contributed by atoms with van der Waals surface area (Å²) in [5.41, 5.74) is 1.95. The molecule has 5 heteroatoms. The Balaban J connectivity index is 2.01. The van der Waals surface area contributed by atoms with Gasteiger partial charge in [0.2, 0.25) is 0 Å². The molecule has 96 valence electrons. The second-order valence-electron chi connectivity index (χ2n) is 4.23. The van der Waals surface area contributed by atoms with E-state index in [1.54, 1.807) is 0 Å². The molecule has 1 aromatic carbocycles. The van der Waals surface area contributed by atoms with Crippen molar-refractivity contribution < 1.29 is 9.90 Å². The fraction of sp³-hybridized carbons (Fsp3) is 0.0714. The molecule has 1 N–H and O–H groups in total. The molecule has 19 heavy (non-hydrogen) atoms. The first kappa shape index (κ1) is 12.4. The van der Waals surface area contributed by atoms with Crippen molar-refractivity contribution >= 4 is 44.1 Å². The normalized spacial score (nSPS) is 11.0. The number of carboxylic acids is 1. The lowest BCUT2D eigenvalue weighted by atomic mass is 10.2. The fourth-order valence-corrected chi connectivity index (χ4v) is 3.27. The Labute approximate surface area is 122 Å². The van der Waals surface area contributed by atoms with Gasteiger partial charge in [0.15, 0.2) is 0 Å². The van der Waals surface area contributed by atoms with Crippen LogP contribution in [0.5, 0.6) is 0 Å². The number of aromatic carboxylic acids is 1. The molecule has 0 atom stereocenters. The van der Waals surface area contributed by atoms with Crippen LogP contribution < -0.4 is 0 Å². The molecule has 2 heterocycles. The topological polar surface area (TPSA) is 42.2 Å². The lowest BCUT2D eigenvalue weighted by Gasteiger charge is -2.05. The van der Waals surface area contributed by atoms with Gasteiger partial charge in [0.05, 0.1) is 0 Å². The van der Waals surface area contributed by atoms with Crippen LogP contribution in [0.1, 0.15) is 15.2 Å². The van der Waals surface area contributed by atoms with E-state index in [1.807, 2.05) is 35.8 Å². The van der Waals surface area contributed by atoms with Crippen molar-refractivity contribution in [2.75, 3.05) is 0 Å². The number of fused-ring (bicyclic) bond motifs is 1. The number of benzene rings is 1. The molecule has 0 aliphatic heterocycles. The second-order valence-corrected chi connectivity index (χ2v) is 6.06. The second kappa shape index (κ2) is 4.83. The molecule has 3 nitrogen and oxygen atoms in total. The average molecular weight is 336 g/mol. The molecular formula is C14H10BrNO2S. The molecule has 0 amide bonds. The van der Waals surface area contributed by atoms with Crippen LogP contribution in [0.2, 0.25) is 0 Å². The van der Waals surface area contributed by atoms with E-state index in [0.29, 0.717) is 11.4 Å². The van der Waals surface area contributed by atoms with Gasteiger partial charge in [-0.15, -0.1) is 11.3 Å². The zero-order chi connectivity index (χ0) is 13.4. The molecule has 0 fully saturated rings. The highest BCUT2D eigenvalue weighted by Crippen LogP contribution is 2.24. The minimum Gasteiger partial charge on any atom is -0.477 e. The van der Waals surface area contributed by atoms with Crippen LogP contribution in [0.25, 0.3) is 10.9 Å². The maximum absolute atomic E-state index is 11.1. The van der Waals surface area contributed by atoms with E-state index < -0.39 is 5.97 Å². The lowest BCUT2D eigenvalue weighted by Crippen LogP contribution is -2.02. The maximum atomic E-state index is 11.1. The zero-order valence-corrected chi connectivity index (χ0v) is 12.2. The van der Waals surface area contributed by atoms with Crippen molar-refractivity contribution in [3.8, 4) is 0 Å². The van der Waals surface area contributed by atoms with Crippen LogP contribution in [0.3, 0.4) is 0 Å². The van der Waals surface area contributed by atoms with Gasteiger partial charge < -0.3 is 9.67 Å². The van der Waals surface area contributed by atoms with Gasteiger partial charge in [-0.3, -0.25) is 0 Å². The van der Waals surface area contributed by atoms with Crippen molar-refractivity contribution in [3.05, 3.63) is 56.8 Å². The number of rotatable bonds is 3. The van der Waals surface area contributed by atoms with Crippen molar-refractivity contribution in [2.45, 2.75) is 6.54 Å². The Kier molecular flexibility index (Phi) is 3.16. The summed E-state index contributed by atoms with van der Waals surface area (Å²) in [7, 11) is 0. The number of aromatic nitrogens is 1. The fourth-order valence-electron chi connectivity index (χ4n) is 2.14. The van der Waals surface area contributed by atoms with Gasteiger partial charge in [-0.2, -0.15) is 0 Å². The molecular weight excluding hydrogens is 326 g/mol. The summed E-state index contributed by atoms with van der Waals surface area (Å²) < 4.78 is 3.11. The molecule has 3 rings (SSSR count). The highest BCUT2D eigenvalue weighted by molar-refractivity contribution is 9.10. The predicted molar refractivity (Wildman–Crippen MR) is 80.0 cm³/mol. The number of carboxylic acid groups (broad SMARTS) is 1. The summed E-state index contributed by atoms with van der Waals surface area (Å²) in [4.78, 5) is 11.5. The molecule has 0 aliphatic carbocycles. The summed E-state index contributed by atoms with van der Waals surface area (Å²) in [6.07, 6.45) is 1.99. The third kappa shape index (κ3) is 2.31. The van der Waals surface area contributed by atoms with Crippen LogP contribution in [0.4, 0.5) is 0 Å². The quantitative estimate of drug-likeness (QED) is 0.778. The number of hydrogen-bond acceptors (Lipinski definition) is 2. The predicted octanol–water partition coefficient (Wildman–Crippen LogP) is 4.21. The van der Waals surface area contributed by atoms with Crippen LogP contribution in [-0.2, 0) is 6.54 Å². The van der Waals surface area contributed by atoms with Crippen molar-refractivity contribution in [1.29, 1.82) is 0 Å². The Morgan fingerprint density at radius 3 is 2.95 bits per heavy atom. The molecule has 0 saturated carbocycles. The minimum absolute atomic E-state index is 0.416. The average Bonchev–Trinajstić information content (AvgIpc) is 2.97. The van der Waals surface area contributed by atoms with E-state index in [4.69, 9.17) is 5.11 Å². The maximum Gasteiger partial charge on any atom is 0.346 e. The number of halogens is 1. The van der Waals surface area contributed by atoms with Crippen LogP contribution in [0, 0.1) is 0 Å². The van der Waals surface area contributed by atoms with Gasteiger partial charge in [-0.05, 0) is 41.3 Å². The molecule has 3 aromatic rings. The smallest absolute Gasteiger partial charge is 0.346 e. The Morgan fingerprint density at radius 1 is 1.32 bits per heavy atom. The molecule has 2 aromatic heterocycles. The third-order valence-electron chi connectivity index (χ3n) is 3.01. The van der Waals surface area contributed by atoms with E-state index >= 15 is 0 Å². The number of nitrogens with zero attached hydrogens (tertiary/aromatic N) is 1. The Bertz CT molecular complexity index is 760.